The molecule has 1 aliphatic heterocycles. The van der Waals surface area contributed by atoms with Crippen LogP contribution in [-0.2, 0) is 0 Å². The van der Waals surface area contributed by atoms with Gasteiger partial charge in [0, 0.05) is 17.6 Å². The van der Waals surface area contributed by atoms with Crippen LogP contribution in [0.1, 0.15) is 140 Å². The third-order valence-corrected chi connectivity index (χ3v) is 9.37. The van der Waals surface area contributed by atoms with Gasteiger partial charge in [-0.2, -0.15) is 0 Å². The number of rotatable bonds is 17. The van der Waals surface area contributed by atoms with Crippen LogP contribution < -0.4 is 0 Å². The molecule has 1 heterocycles. The standard InChI is InChI=1S/C38H55NO/c1-3-4-5-6-7-8-9-10-11-12-13-14-18-26-34-27-21-22-31(2)39(34)38(33-24-16-15-17-25-33)37-35-28-20-19-23-32(35)29-30-36(37)40/h15-17,19-20,23-25,28-31,34,38,40H,3-14,18,21-22,26-27H2,1-2H3/t31-,34+,38-/m0/s1. The Morgan fingerprint density at radius 1 is 0.700 bits per heavy atom. The topological polar surface area (TPSA) is 23.5 Å². The van der Waals surface area contributed by atoms with Crippen molar-refractivity contribution in [1.29, 1.82) is 0 Å². The molecule has 0 aromatic heterocycles. The number of phenolic OH excluding ortho intramolecular Hbond substituents is 1. The molecule has 0 saturated carbocycles. The molecule has 3 atom stereocenters. The summed E-state index contributed by atoms with van der Waals surface area (Å²) in [5.74, 6) is 0.421. The fraction of sp³-hybridized carbons (Fsp3) is 0.579. The summed E-state index contributed by atoms with van der Waals surface area (Å²) in [6.45, 7) is 4.71. The first kappa shape index (κ1) is 30.6. The number of likely N-dealkylation sites (tertiary alicyclic amines) is 1. The van der Waals surface area contributed by atoms with Gasteiger partial charge in [-0.15, -0.1) is 0 Å². The van der Waals surface area contributed by atoms with Gasteiger partial charge in [-0.3, -0.25) is 4.90 Å². The van der Waals surface area contributed by atoms with Gasteiger partial charge in [0.2, 0.25) is 0 Å². The van der Waals surface area contributed by atoms with Crippen molar-refractivity contribution in [2.24, 2.45) is 0 Å². The highest BCUT2D eigenvalue weighted by atomic mass is 16.3. The minimum Gasteiger partial charge on any atom is -0.508 e. The van der Waals surface area contributed by atoms with Gasteiger partial charge in [0.15, 0.2) is 0 Å². The third kappa shape index (κ3) is 8.59. The Kier molecular flexibility index (Phi) is 12.9. The van der Waals surface area contributed by atoms with E-state index in [4.69, 9.17) is 0 Å². The van der Waals surface area contributed by atoms with Gasteiger partial charge in [0.1, 0.15) is 5.75 Å². The fourth-order valence-electron chi connectivity index (χ4n) is 7.16. The van der Waals surface area contributed by atoms with Crippen LogP contribution in [0.25, 0.3) is 10.8 Å². The van der Waals surface area contributed by atoms with Crippen LogP contribution in [0, 0.1) is 0 Å². The average molecular weight is 542 g/mol. The largest absolute Gasteiger partial charge is 0.508 e. The van der Waals surface area contributed by atoms with Gasteiger partial charge in [0.25, 0.3) is 0 Å². The van der Waals surface area contributed by atoms with Crippen LogP contribution in [-0.4, -0.2) is 22.1 Å². The van der Waals surface area contributed by atoms with Crippen molar-refractivity contribution in [3.05, 3.63) is 77.9 Å². The van der Waals surface area contributed by atoms with Crippen LogP contribution in [0.5, 0.6) is 5.75 Å². The summed E-state index contributed by atoms with van der Waals surface area (Å²) in [7, 11) is 0. The molecule has 3 aromatic carbocycles. The number of benzene rings is 3. The van der Waals surface area contributed by atoms with Crippen LogP contribution in [0.15, 0.2) is 66.7 Å². The van der Waals surface area contributed by atoms with Crippen molar-refractivity contribution < 1.29 is 5.11 Å². The number of phenols is 1. The number of hydrogen-bond acceptors (Lipinski definition) is 2. The quantitative estimate of drug-likeness (QED) is 0.172. The molecule has 1 N–H and O–H groups in total. The Bertz CT molecular complexity index is 1110. The predicted octanol–water partition coefficient (Wildman–Crippen LogP) is 11.4. The molecular weight excluding hydrogens is 486 g/mol. The molecule has 1 aliphatic rings. The summed E-state index contributed by atoms with van der Waals surface area (Å²) in [5, 5.41) is 13.7. The zero-order valence-electron chi connectivity index (χ0n) is 25.5. The number of fused-ring (bicyclic) bond motifs is 1. The summed E-state index contributed by atoms with van der Waals surface area (Å²) in [4.78, 5) is 2.78. The molecule has 2 nitrogen and oxygen atoms in total. The van der Waals surface area contributed by atoms with E-state index in [1.165, 1.54) is 125 Å². The molecule has 0 spiro atoms. The highest BCUT2D eigenvalue weighted by Crippen LogP contribution is 2.44. The van der Waals surface area contributed by atoms with Gasteiger partial charge in [-0.25, -0.2) is 0 Å². The first-order valence-corrected chi connectivity index (χ1v) is 16.7. The highest BCUT2D eigenvalue weighted by Gasteiger charge is 2.36. The Balaban J connectivity index is 1.36. The van der Waals surface area contributed by atoms with Crippen LogP contribution in [0.3, 0.4) is 0 Å². The van der Waals surface area contributed by atoms with Crippen LogP contribution in [0.2, 0.25) is 0 Å². The molecule has 0 unspecified atom stereocenters. The second-order valence-electron chi connectivity index (χ2n) is 12.4. The van der Waals surface area contributed by atoms with E-state index in [-0.39, 0.29) is 6.04 Å². The number of nitrogens with zero attached hydrogens (tertiary/aromatic N) is 1. The minimum atomic E-state index is 0.0644. The van der Waals surface area contributed by atoms with Crippen molar-refractivity contribution >= 4 is 10.8 Å². The molecule has 1 fully saturated rings. The SMILES string of the molecule is CCCCCCCCCCCCCCC[C@@H]1CCC[C@H](C)N1[C@@H](c1ccccc1)c1c(O)ccc2ccccc12. The molecule has 0 bridgehead atoms. The summed E-state index contributed by atoms with van der Waals surface area (Å²) in [6.07, 6.45) is 23.3. The Morgan fingerprint density at radius 2 is 1.30 bits per heavy atom. The number of unbranched alkanes of at least 4 members (excludes halogenated alkanes) is 12. The number of aromatic hydroxyl groups is 1. The number of hydrogen-bond donors (Lipinski definition) is 1. The lowest BCUT2D eigenvalue weighted by molar-refractivity contribution is 0.0546. The zero-order valence-corrected chi connectivity index (χ0v) is 25.5. The molecular formula is C38H55NO. The first-order chi connectivity index (χ1) is 19.7. The molecule has 0 aliphatic carbocycles. The summed E-state index contributed by atoms with van der Waals surface area (Å²) < 4.78 is 0. The maximum Gasteiger partial charge on any atom is 0.121 e. The highest BCUT2D eigenvalue weighted by molar-refractivity contribution is 5.88. The van der Waals surface area contributed by atoms with E-state index >= 15 is 0 Å². The monoisotopic (exact) mass is 541 g/mol. The second kappa shape index (κ2) is 16.8. The van der Waals surface area contributed by atoms with Crippen molar-refractivity contribution in [3.63, 3.8) is 0 Å². The molecule has 4 rings (SSSR count). The fourth-order valence-corrected chi connectivity index (χ4v) is 7.16. The van der Waals surface area contributed by atoms with E-state index in [1.54, 1.807) is 0 Å². The molecule has 3 aromatic rings. The van der Waals surface area contributed by atoms with E-state index in [0.717, 1.165) is 5.56 Å². The van der Waals surface area contributed by atoms with Gasteiger partial charge in [-0.1, -0.05) is 157 Å². The van der Waals surface area contributed by atoms with Crippen molar-refractivity contribution in [2.45, 2.75) is 141 Å². The van der Waals surface area contributed by atoms with E-state index in [1.807, 2.05) is 6.07 Å². The molecule has 1 saturated heterocycles. The summed E-state index contributed by atoms with van der Waals surface area (Å²) in [5.41, 5.74) is 2.37. The van der Waals surface area contributed by atoms with Gasteiger partial charge < -0.3 is 5.11 Å². The summed E-state index contributed by atoms with van der Waals surface area (Å²) in [6, 6.07) is 24.6. The Hall–Kier alpha value is -2.32. The first-order valence-electron chi connectivity index (χ1n) is 16.7. The predicted molar refractivity (Wildman–Crippen MR) is 173 cm³/mol. The molecule has 0 radical (unpaired) electrons. The number of piperidine rings is 1. The maximum atomic E-state index is 11.3. The van der Waals surface area contributed by atoms with E-state index < -0.39 is 0 Å². The van der Waals surface area contributed by atoms with Gasteiger partial charge >= 0.3 is 0 Å². The second-order valence-corrected chi connectivity index (χ2v) is 12.4. The van der Waals surface area contributed by atoms with Crippen molar-refractivity contribution in [2.75, 3.05) is 0 Å². The lowest BCUT2D eigenvalue weighted by Gasteiger charge is -2.46. The van der Waals surface area contributed by atoms with Crippen LogP contribution in [0.4, 0.5) is 0 Å². The Morgan fingerprint density at radius 3 is 1.98 bits per heavy atom. The third-order valence-electron chi connectivity index (χ3n) is 9.37. The van der Waals surface area contributed by atoms with E-state index in [9.17, 15) is 5.11 Å². The van der Waals surface area contributed by atoms with E-state index in [0.29, 0.717) is 17.8 Å². The zero-order chi connectivity index (χ0) is 28.0. The van der Waals surface area contributed by atoms with Gasteiger partial charge in [-0.05, 0) is 48.6 Å². The van der Waals surface area contributed by atoms with Gasteiger partial charge in [0.05, 0.1) is 6.04 Å². The molecule has 40 heavy (non-hydrogen) atoms. The lowest BCUT2D eigenvalue weighted by Crippen LogP contribution is -2.47. The van der Waals surface area contributed by atoms with Crippen molar-refractivity contribution in [1.82, 2.24) is 4.90 Å². The summed E-state index contributed by atoms with van der Waals surface area (Å²) >= 11 is 0. The smallest absolute Gasteiger partial charge is 0.121 e. The van der Waals surface area contributed by atoms with Crippen LogP contribution >= 0.6 is 0 Å². The van der Waals surface area contributed by atoms with Crippen molar-refractivity contribution in [3.8, 4) is 5.75 Å². The molecule has 218 valence electrons. The molecule has 0 amide bonds. The Labute approximate surface area is 245 Å². The van der Waals surface area contributed by atoms with E-state index in [2.05, 4.69) is 79.4 Å². The maximum absolute atomic E-state index is 11.3. The normalized spacial score (nSPS) is 18.8. The molecule has 2 heteroatoms. The lowest BCUT2D eigenvalue weighted by atomic mass is 9.85. The average Bonchev–Trinajstić information content (AvgIpc) is 2.98. The minimum absolute atomic E-state index is 0.0644.